The van der Waals surface area contributed by atoms with Gasteiger partial charge in [0.25, 0.3) is 0 Å². The van der Waals surface area contributed by atoms with E-state index in [1.807, 2.05) is 153 Å². The molecule has 29 nitrogen and oxygen atoms in total. The van der Waals surface area contributed by atoms with Crippen LogP contribution >= 0.6 is 0 Å². The van der Waals surface area contributed by atoms with E-state index in [2.05, 4.69) is 115 Å². The quantitative estimate of drug-likeness (QED) is 0.0292. The Hall–Kier alpha value is -13.5. The Kier molecular flexibility index (Phi) is 29.0. The normalized spacial score (nSPS) is 15.7. The summed E-state index contributed by atoms with van der Waals surface area (Å²) in [5.74, 6) is 1.95. The minimum absolute atomic E-state index is 0.0149. The van der Waals surface area contributed by atoms with Crippen molar-refractivity contribution in [2.45, 2.75) is 219 Å². The summed E-state index contributed by atoms with van der Waals surface area (Å²) in [7, 11) is 5.86. The average molecular weight is 1700 g/mol. The molecule has 5 aromatic heterocycles. The molecule has 650 valence electrons. The number of carbonyl (C=O) groups excluding carboxylic acids is 5. The lowest BCUT2D eigenvalue weighted by atomic mass is 9.81. The van der Waals surface area contributed by atoms with Crippen molar-refractivity contribution in [3.8, 4) is 24.3 Å². The summed E-state index contributed by atoms with van der Waals surface area (Å²) in [5, 5.41) is 72.0. The smallest absolute Gasteiger partial charge is 0.243 e. The zero-order valence-electron chi connectivity index (χ0n) is 73.2. The van der Waals surface area contributed by atoms with E-state index in [-0.39, 0.29) is 77.9 Å². The second-order valence-electron chi connectivity index (χ2n) is 34.7. The standard InChI is InChI=1S/2C21H20N4O2.C19H24N4O.2C18H23N5O/c2*22-13-14-9-10-17-18(11-14)25(16-7-4-8-16)21(23-17)24-20(27)12-19(26)15-5-2-1-3-6-15;1-12(19(2,3)4)17(24)22-18-21-15-9-8-13(11-20)10-16(15)23(18)14-6-5-7-14;1-12(22(3)4)10-17(24)21-18-20-15-9-8-13(19-2)11-16(15)23(18)14-6-5-7-14;1-4-22(3)12(2)17(24)21-18-20-15-9-8-13(11-19)10-16(15)23(18)14-6-5-7-14/h2*1-3,5-6,9-11,16,19,26H,4,7-8,12H2,(H,23,24,27);8-10,12,14H,5-7H2,1-4H3,(H,21,22,24);8-9,11-12,14H,5-7,10H2,1,3-4H3,(H,20,21,24);8-10,12,14H,4-7H2,1-3H3,(H,20,21,24)/t2*19-;12-;;12-/m101.1/s1. The van der Waals surface area contributed by atoms with Crippen LogP contribution < -0.4 is 26.6 Å². The molecule has 126 heavy (non-hydrogen) atoms. The maximum atomic E-state index is 12.6. The van der Waals surface area contributed by atoms with E-state index in [4.69, 9.17) is 17.1 Å². The molecule has 7 N–H and O–H groups in total. The molecule has 0 spiro atoms. The van der Waals surface area contributed by atoms with Gasteiger partial charge in [-0.25, -0.2) is 29.8 Å². The van der Waals surface area contributed by atoms with Gasteiger partial charge in [0.1, 0.15) is 0 Å². The van der Waals surface area contributed by atoms with Crippen molar-refractivity contribution in [3.63, 3.8) is 0 Å². The maximum Gasteiger partial charge on any atom is 0.243 e. The van der Waals surface area contributed by atoms with Crippen LogP contribution in [0.15, 0.2) is 152 Å². The van der Waals surface area contributed by atoms with E-state index in [9.17, 15) is 44.7 Å². The molecular formula is C97H110N22O7. The average Bonchev–Trinajstić information content (AvgIpc) is 1.65. The topological polar surface area (TPSA) is 381 Å². The molecule has 0 radical (unpaired) electrons. The van der Waals surface area contributed by atoms with E-state index in [1.165, 1.54) is 19.3 Å². The Morgan fingerprint density at radius 3 is 0.992 bits per heavy atom. The van der Waals surface area contributed by atoms with E-state index in [0.717, 1.165) is 139 Å². The van der Waals surface area contributed by atoms with Gasteiger partial charge in [0.2, 0.25) is 59.3 Å². The molecule has 1 unspecified atom stereocenters. The number of aromatic nitrogens is 10. The van der Waals surface area contributed by atoms with E-state index < -0.39 is 12.2 Å². The predicted molar refractivity (Wildman–Crippen MR) is 488 cm³/mol. The molecule has 0 bridgehead atoms. The molecule has 29 heteroatoms. The molecule has 17 rings (SSSR count). The number of anilines is 5. The molecule has 7 aromatic carbocycles. The molecule has 5 aliphatic rings. The predicted octanol–water partition coefficient (Wildman–Crippen LogP) is 18.1. The zero-order valence-corrected chi connectivity index (χ0v) is 73.2. The minimum atomic E-state index is -0.863. The number of nitrogens with zero attached hydrogens (tertiary/aromatic N) is 17. The zero-order chi connectivity index (χ0) is 89.6. The van der Waals surface area contributed by atoms with Crippen molar-refractivity contribution in [2.24, 2.45) is 11.3 Å². The van der Waals surface area contributed by atoms with E-state index in [1.54, 1.807) is 66.7 Å². The number of rotatable bonds is 23. The monoisotopic (exact) mass is 1690 g/mol. The fourth-order valence-corrected chi connectivity index (χ4v) is 15.5. The fraction of sp³-hybridized carbons (Fsp3) is 0.412. The first-order valence-corrected chi connectivity index (χ1v) is 43.6. The van der Waals surface area contributed by atoms with E-state index in [0.29, 0.717) is 93.4 Å². The van der Waals surface area contributed by atoms with Crippen LogP contribution in [0.1, 0.15) is 240 Å². The van der Waals surface area contributed by atoms with Gasteiger partial charge in [0.05, 0.1) is 139 Å². The highest BCUT2D eigenvalue weighted by Crippen LogP contribution is 2.44. The van der Waals surface area contributed by atoms with Gasteiger partial charge < -0.3 is 37.9 Å². The fourth-order valence-electron chi connectivity index (χ4n) is 15.5. The Labute approximate surface area is 733 Å². The highest BCUT2D eigenvalue weighted by molar-refractivity contribution is 5.97. The molecule has 12 aromatic rings. The van der Waals surface area contributed by atoms with Crippen molar-refractivity contribution >= 4 is 120 Å². The Bertz CT molecular complexity index is 6010. The summed E-state index contributed by atoms with van der Waals surface area (Å²) in [5.41, 5.74) is 12.7. The van der Waals surface area contributed by atoms with Crippen LogP contribution in [-0.2, 0) is 24.0 Å². The van der Waals surface area contributed by atoms with Crippen molar-refractivity contribution in [1.29, 1.82) is 21.0 Å². The maximum absolute atomic E-state index is 12.6. The molecule has 5 heterocycles. The second kappa shape index (κ2) is 40.5. The Morgan fingerprint density at radius 2 is 0.722 bits per heavy atom. The van der Waals surface area contributed by atoms with Crippen LogP contribution in [0.25, 0.3) is 60.0 Å². The largest absolute Gasteiger partial charge is 0.388 e. The summed E-state index contributed by atoms with van der Waals surface area (Å²) in [4.78, 5) is 93.0. The number of amides is 5. The number of hydrogen-bond acceptors (Lipinski definition) is 18. The van der Waals surface area contributed by atoms with Crippen molar-refractivity contribution in [1.82, 2.24) is 57.6 Å². The van der Waals surface area contributed by atoms with Gasteiger partial charge in [-0.05, 0) is 239 Å². The van der Waals surface area contributed by atoms with Crippen LogP contribution in [0.2, 0.25) is 0 Å². The molecular weight excluding hydrogens is 1590 g/mol. The number of benzene rings is 7. The number of imidazole rings is 5. The highest BCUT2D eigenvalue weighted by Gasteiger charge is 2.34. The summed E-state index contributed by atoms with van der Waals surface area (Å²) >= 11 is 0. The van der Waals surface area contributed by atoms with Crippen molar-refractivity contribution in [3.05, 3.63) is 196 Å². The van der Waals surface area contributed by atoms with Gasteiger partial charge in [0.15, 0.2) is 5.69 Å². The highest BCUT2D eigenvalue weighted by atomic mass is 16.3. The number of carbonyl (C=O) groups is 5. The molecule has 5 aliphatic carbocycles. The molecule has 0 aliphatic heterocycles. The van der Waals surface area contributed by atoms with Crippen LogP contribution in [0, 0.1) is 63.2 Å². The molecule has 5 amide bonds. The van der Waals surface area contributed by atoms with Crippen LogP contribution in [0.3, 0.4) is 0 Å². The number of aliphatic hydroxyl groups excluding tert-OH is 2. The molecule has 0 saturated heterocycles. The van der Waals surface area contributed by atoms with Crippen molar-refractivity contribution in [2.75, 3.05) is 54.3 Å². The first kappa shape index (κ1) is 90.3. The Morgan fingerprint density at radius 1 is 0.437 bits per heavy atom. The lowest BCUT2D eigenvalue weighted by Gasteiger charge is -2.30. The van der Waals surface area contributed by atoms with Gasteiger partial charge in [-0.1, -0.05) is 101 Å². The third-order valence-electron chi connectivity index (χ3n) is 25.2. The van der Waals surface area contributed by atoms with Gasteiger partial charge >= 0.3 is 0 Å². The number of nitriles is 4. The summed E-state index contributed by atoms with van der Waals surface area (Å²) in [6.45, 7) is 22.1. The van der Waals surface area contributed by atoms with Crippen LogP contribution in [-0.4, -0.2) is 137 Å². The SMILES string of the molecule is CCN(C)[C@H](C)C(=O)Nc1nc2ccc(C#N)cc2n1C1CCC1.C[C@H](C(=O)Nc1nc2ccc(C#N)cc2n1C1CCC1)C(C)(C)C.N#Cc1ccc2nc(NC(=O)C[C@@H](O)c3ccccc3)n(C3CCC3)c2c1.N#Cc1ccc2nc(NC(=O)C[C@H](O)c3ccccc3)n(C3CCC3)c2c1.[C-]#[N+]c1ccc2nc(NC(=O)CC(C)N(C)C)n(C3CCC3)c2c1. The first-order chi connectivity index (χ1) is 60.6. The Balaban J connectivity index is 0.000000135. The summed E-state index contributed by atoms with van der Waals surface area (Å²) in [6, 6.07) is 55.6. The van der Waals surface area contributed by atoms with Gasteiger partial charge in [-0.3, -0.25) is 55.5 Å². The van der Waals surface area contributed by atoms with E-state index >= 15 is 0 Å². The van der Waals surface area contributed by atoms with Crippen LogP contribution in [0.4, 0.5) is 35.4 Å². The lowest BCUT2D eigenvalue weighted by Crippen LogP contribution is -2.40. The lowest BCUT2D eigenvalue weighted by molar-refractivity contribution is -0.122. The van der Waals surface area contributed by atoms with Crippen molar-refractivity contribution < 1.29 is 34.2 Å². The number of fused-ring (bicyclic) bond motifs is 5. The number of likely N-dealkylation sites (N-methyl/N-ethyl adjacent to an activating group) is 1. The number of nitrogens with one attached hydrogen (secondary N) is 5. The molecule has 5 saturated carbocycles. The first-order valence-electron chi connectivity index (χ1n) is 43.6. The second-order valence-corrected chi connectivity index (χ2v) is 34.7. The number of aliphatic hydroxyl groups is 2. The summed E-state index contributed by atoms with van der Waals surface area (Å²) in [6.07, 6.45) is 15.1. The van der Waals surface area contributed by atoms with Gasteiger partial charge in [-0.2, -0.15) is 21.0 Å². The minimum Gasteiger partial charge on any atom is -0.388 e. The van der Waals surface area contributed by atoms with Gasteiger partial charge in [0, 0.05) is 48.6 Å². The molecule has 5 fully saturated rings. The number of hydrogen-bond donors (Lipinski definition) is 7. The third-order valence-corrected chi connectivity index (χ3v) is 25.2. The third kappa shape index (κ3) is 21.0. The van der Waals surface area contributed by atoms with Crippen LogP contribution in [0.5, 0.6) is 0 Å². The summed E-state index contributed by atoms with van der Waals surface area (Å²) < 4.78 is 10.3. The van der Waals surface area contributed by atoms with Gasteiger partial charge in [-0.15, -0.1) is 0 Å². The molecule has 5 atom stereocenters.